The number of carbonyl (C=O) groups is 1. The Morgan fingerprint density at radius 1 is 1.25 bits per heavy atom. The van der Waals surface area contributed by atoms with E-state index in [0.29, 0.717) is 17.6 Å². The number of fused-ring (bicyclic) bond motifs is 1. The molecule has 7 heteroatoms. The van der Waals surface area contributed by atoms with E-state index in [1.165, 1.54) is 7.11 Å². The minimum absolute atomic E-state index is 0.0595. The highest BCUT2D eigenvalue weighted by atomic mass is 16.5. The minimum atomic E-state index is -0.400. The van der Waals surface area contributed by atoms with E-state index < -0.39 is 5.97 Å². The van der Waals surface area contributed by atoms with E-state index in [2.05, 4.69) is 10.4 Å². The van der Waals surface area contributed by atoms with Crippen LogP contribution in [0.4, 0.5) is 5.82 Å². The fraction of sp³-hybridized carbons (Fsp3) is 0.118. The molecule has 0 saturated carbocycles. The molecule has 0 aliphatic carbocycles. The molecule has 0 saturated heterocycles. The SMILES string of the molecule is COC(=O)c1ccccc1CNn1c(=N)c(N)nc2ccccc21. The molecule has 4 N–H and O–H groups in total. The fourth-order valence-electron chi connectivity index (χ4n) is 2.48. The molecule has 0 unspecified atom stereocenters. The van der Waals surface area contributed by atoms with E-state index in [1.807, 2.05) is 36.4 Å². The lowest BCUT2D eigenvalue weighted by atomic mass is 10.1. The number of hydrogen-bond acceptors (Lipinski definition) is 6. The summed E-state index contributed by atoms with van der Waals surface area (Å²) in [4.78, 5) is 16.1. The van der Waals surface area contributed by atoms with Crippen molar-refractivity contribution in [2.45, 2.75) is 6.54 Å². The molecule has 7 nitrogen and oxygen atoms in total. The maximum absolute atomic E-state index is 11.9. The van der Waals surface area contributed by atoms with E-state index in [0.717, 1.165) is 11.1 Å². The molecular weight excluding hydrogens is 306 g/mol. The maximum atomic E-state index is 11.9. The van der Waals surface area contributed by atoms with Crippen LogP contribution < -0.4 is 16.6 Å². The second-order valence-electron chi connectivity index (χ2n) is 5.15. The number of nitrogens with zero attached hydrogens (tertiary/aromatic N) is 2. The van der Waals surface area contributed by atoms with Gasteiger partial charge in [-0.1, -0.05) is 30.3 Å². The Bertz CT molecular complexity index is 965. The molecule has 0 aliphatic heterocycles. The molecule has 0 bridgehead atoms. The molecule has 1 heterocycles. The largest absolute Gasteiger partial charge is 0.465 e. The van der Waals surface area contributed by atoms with E-state index in [4.69, 9.17) is 15.9 Å². The number of benzene rings is 2. The van der Waals surface area contributed by atoms with Gasteiger partial charge in [-0.2, -0.15) is 0 Å². The van der Waals surface area contributed by atoms with E-state index in [1.54, 1.807) is 16.8 Å². The van der Waals surface area contributed by atoms with Gasteiger partial charge in [-0.05, 0) is 23.8 Å². The van der Waals surface area contributed by atoms with Gasteiger partial charge in [0.2, 0.25) is 0 Å². The van der Waals surface area contributed by atoms with Crippen molar-refractivity contribution in [3.8, 4) is 0 Å². The van der Waals surface area contributed by atoms with E-state index in [9.17, 15) is 4.79 Å². The molecule has 0 radical (unpaired) electrons. The summed E-state index contributed by atoms with van der Waals surface area (Å²) in [5.41, 5.74) is 11.7. The number of anilines is 1. The number of methoxy groups -OCH3 is 1. The number of aromatic nitrogens is 2. The van der Waals surface area contributed by atoms with Gasteiger partial charge in [-0.3, -0.25) is 5.41 Å². The van der Waals surface area contributed by atoms with Crippen LogP contribution in [0.25, 0.3) is 11.0 Å². The minimum Gasteiger partial charge on any atom is -0.465 e. The fourth-order valence-corrected chi connectivity index (χ4v) is 2.48. The van der Waals surface area contributed by atoms with Gasteiger partial charge in [0, 0.05) is 0 Å². The summed E-state index contributed by atoms with van der Waals surface area (Å²) in [6.45, 7) is 0.329. The van der Waals surface area contributed by atoms with Crippen molar-refractivity contribution >= 4 is 22.8 Å². The number of esters is 1. The van der Waals surface area contributed by atoms with Crippen molar-refractivity contribution in [1.29, 1.82) is 5.41 Å². The molecule has 122 valence electrons. The molecular formula is C17H17N5O2. The van der Waals surface area contributed by atoms with E-state index >= 15 is 0 Å². The third-order valence-corrected chi connectivity index (χ3v) is 3.68. The molecule has 0 spiro atoms. The third-order valence-electron chi connectivity index (χ3n) is 3.68. The summed E-state index contributed by atoms with van der Waals surface area (Å²) < 4.78 is 6.36. The van der Waals surface area contributed by atoms with Crippen molar-refractivity contribution in [2.24, 2.45) is 0 Å². The van der Waals surface area contributed by atoms with Gasteiger partial charge in [-0.15, -0.1) is 0 Å². The summed E-state index contributed by atoms with van der Waals surface area (Å²) in [5, 5.41) is 8.14. The number of rotatable bonds is 4. The molecule has 1 aromatic heterocycles. The predicted octanol–water partition coefficient (Wildman–Crippen LogP) is 1.63. The molecule has 0 fully saturated rings. The Hall–Kier alpha value is -3.35. The molecule has 3 rings (SSSR count). The summed E-state index contributed by atoms with van der Waals surface area (Å²) >= 11 is 0. The van der Waals surface area contributed by atoms with Gasteiger partial charge in [0.1, 0.15) is 0 Å². The van der Waals surface area contributed by atoms with Crippen molar-refractivity contribution in [2.75, 3.05) is 18.3 Å². The van der Waals surface area contributed by atoms with Crippen LogP contribution >= 0.6 is 0 Å². The second-order valence-corrected chi connectivity index (χ2v) is 5.15. The van der Waals surface area contributed by atoms with Gasteiger partial charge in [0.05, 0.1) is 30.3 Å². The Morgan fingerprint density at radius 3 is 2.75 bits per heavy atom. The zero-order valence-electron chi connectivity index (χ0n) is 13.1. The van der Waals surface area contributed by atoms with Crippen LogP contribution in [0, 0.1) is 5.41 Å². The summed E-state index contributed by atoms with van der Waals surface area (Å²) in [6, 6.07) is 14.5. The average molecular weight is 323 g/mol. The molecule has 24 heavy (non-hydrogen) atoms. The molecule has 0 atom stereocenters. The van der Waals surface area contributed by atoms with Gasteiger partial charge in [-0.25, -0.2) is 14.5 Å². The van der Waals surface area contributed by atoms with Crippen LogP contribution in [0.2, 0.25) is 0 Å². The predicted molar refractivity (Wildman–Crippen MR) is 90.8 cm³/mol. The normalized spacial score (nSPS) is 10.5. The van der Waals surface area contributed by atoms with Crippen molar-refractivity contribution < 1.29 is 9.53 Å². The lowest BCUT2D eigenvalue weighted by molar-refractivity contribution is 0.0599. The number of ether oxygens (including phenoxy) is 1. The van der Waals surface area contributed by atoms with Crippen LogP contribution in [0.3, 0.4) is 0 Å². The number of nitrogen functional groups attached to an aromatic ring is 1. The van der Waals surface area contributed by atoms with Crippen LogP contribution in [0.5, 0.6) is 0 Å². The molecule has 2 aromatic carbocycles. The summed E-state index contributed by atoms with van der Waals surface area (Å²) in [6.07, 6.45) is 0. The number of hydrogen-bond donors (Lipinski definition) is 3. The first-order chi connectivity index (χ1) is 11.6. The Kier molecular flexibility index (Phi) is 4.15. The lowest BCUT2D eigenvalue weighted by Crippen LogP contribution is -2.32. The van der Waals surface area contributed by atoms with Crippen molar-refractivity contribution in [1.82, 2.24) is 9.66 Å². The Labute approximate surface area is 138 Å². The Morgan fingerprint density at radius 2 is 1.96 bits per heavy atom. The number of nitrogens with two attached hydrogens (primary N) is 1. The molecule has 0 aliphatic rings. The summed E-state index contributed by atoms with van der Waals surface area (Å²) in [7, 11) is 1.35. The highest BCUT2D eigenvalue weighted by molar-refractivity contribution is 5.91. The quantitative estimate of drug-likeness (QED) is 0.633. The van der Waals surface area contributed by atoms with Crippen LogP contribution in [0.1, 0.15) is 15.9 Å². The highest BCUT2D eigenvalue weighted by Gasteiger charge is 2.11. The van der Waals surface area contributed by atoms with Gasteiger partial charge in [0.25, 0.3) is 0 Å². The van der Waals surface area contributed by atoms with Crippen molar-refractivity contribution in [3.63, 3.8) is 0 Å². The third kappa shape index (κ3) is 2.79. The highest BCUT2D eigenvalue weighted by Crippen LogP contribution is 2.12. The molecule has 0 amide bonds. The number of nitrogens with one attached hydrogen (secondary N) is 2. The maximum Gasteiger partial charge on any atom is 0.338 e. The van der Waals surface area contributed by atoms with E-state index in [-0.39, 0.29) is 11.3 Å². The Balaban J connectivity index is 1.99. The monoisotopic (exact) mass is 323 g/mol. The van der Waals surface area contributed by atoms with Gasteiger partial charge in [0.15, 0.2) is 11.3 Å². The number of para-hydroxylation sites is 2. The summed E-state index contributed by atoms with van der Waals surface area (Å²) in [5.74, 6) is -0.273. The average Bonchev–Trinajstić information content (AvgIpc) is 2.62. The first kappa shape index (κ1) is 15.5. The first-order valence-electron chi connectivity index (χ1n) is 7.34. The topological polar surface area (TPSA) is 106 Å². The van der Waals surface area contributed by atoms with Crippen LogP contribution in [-0.2, 0) is 11.3 Å². The smallest absolute Gasteiger partial charge is 0.338 e. The molecule has 3 aromatic rings. The zero-order valence-corrected chi connectivity index (χ0v) is 13.1. The van der Waals surface area contributed by atoms with Crippen LogP contribution in [0.15, 0.2) is 48.5 Å². The first-order valence-corrected chi connectivity index (χ1v) is 7.34. The van der Waals surface area contributed by atoms with Crippen molar-refractivity contribution in [3.05, 3.63) is 65.1 Å². The van der Waals surface area contributed by atoms with Gasteiger partial charge < -0.3 is 15.9 Å². The van der Waals surface area contributed by atoms with Crippen LogP contribution in [-0.4, -0.2) is 22.7 Å². The second kappa shape index (κ2) is 6.41. The van der Waals surface area contributed by atoms with Gasteiger partial charge >= 0.3 is 5.97 Å². The standard InChI is InChI=1S/C17H17N5O2/c1-24-17(23)12-7-3-2-6-11(12)10-20-22-14-9-5-4-8-13(14)21-15(18)16(22)19/h2-9,19-20H,10H2,1H3,(H2,18,21). The number of carbonyl (C=O) groups excluding carboxylic acids is 1. The lowest BCUT2D eigenvalue weighted by Gasteiger charge is -2.15. The zero-order chi connectivity index (χ0) is 17.1.